The van der Waals surface area contributed by atoms with Gasteiger partial charge < -0.3 is 4.90 Å². The Labute approximate surface area is 112 Å². The van der Waals surface area contributed by atoms with Gasteiger partial charge in [0.25, 0.3) is 0 Å². The average Bonchev–Trinajstić information content (AvgIpc) is 2.81. The van der Waals surface area contributed by atoms with Gasteiger partial charge in [-0.05, 0) is 37.4 Å². The maximum atomic E-state index is 13.5. The standard InChI is InChI=1S/C14H19FN2O2/c1-16(9-11-4-2-3-5-11)10-12-6-7-14(17(18)19)13(15)8-12/h6-8,11H,2-5,9-10H2,1H3. The molecule has 1 aliphatic carbocycles. The summed E-state index contributed by atoms with van der Waals surface area (Å²) in [6.07, 6.45) is 5.17. The third kappa shape index (κ3) is 3.73. The Morgan fingerprint density at radius 3 is 2.68 bits per heavy atom. The zero-order valence-corrected chi connectivity index (χ0v) is 11.1. The molecule has 0 saturated heterocycles. The highest BCUT2D eigenvalue weighted by Gasteiger charge is 2.18. The molecule has 0 heterocycles. The van der Waals surface area contributed by atoms with E-state index in [4.69, 9.17) is 0 Å². The maximum Gasteiger partial charge on any atom is 0.304 e. The van der Waals surface area contributed by atoms with Crippen LogP contribution in [0, 0.1) is 21.8 Å². The quantitative estimate of drug-likeness (QED) is 0.606. The molecule has 4 nitrogen and oxygen atoms in total. The molecule has 19 heavy (non-hydrogen) atoms. The number of nitrogens with zero attached hydrogens (tertiary/aromatic N) is 2. The highest BCUT2D eigenvalue weighted by molar-refractivity contribution is 5.34. The summed E-state index contributed by atoms with van der Waals surface area (Å²) in [5.41, 5.74) is 0.325. The number of nitro groups is 1. The Morgan fingerprint density at radius 2 is 2.11 bits per heavy atom. The van der Waals surface area contributed by atoms with Gasteiger partial charge in [0.05, 0.1) is 4.92 Å². The largest absolute Gasteiger partial charge is 0.304 e. The third-order valence-electron chi connectivity index (χ3n) is 3.71. The van der Waals surface area contributed by atoms with Crippen molar-refractivity contribution < 1.29 is 9.31 Å². The summed E-state index contributed by atoms with van der Waals surface area (Å²) < 4.78 is 13.5. The van der Waals surface area contributed by atoms with Gasteiger partial charge in [-0.25, -0.2) is 0 Å². The highest BCUT2D eigenvalue weighted by Crippen LogP contribution is 2.26. The number of halogens is 1. The van der Waals surface area contributed by atoms with Crippen LogP contribution in [-0.4, -0.2) is 23.4 Å². The molecule has 0 aromatic heterocycles. The van der Waals surface area contributed by atoms with E-state index in [2.05, 4.69) is 4.90 Å². The molecule has 0 N–H and O–H groups in total. The number of hydrogen-bond acceptors (Lipinski definition) is 3. The van der Waals surface area contributed by atoms with E-state index in [0.29, 0.717) is 6.54 Å². The van der Waals surface area contributed by atoms with Crippen LogP contribution in [0.2, 0.25) is 0 Å². The molecule has 0 amide bonds. The van der Waals surface area contributed by atoms with Crippen molar-refractivity contribution in [2.24, 2.45) is 5.92 Å². The van der Waals surface area contributed by atoms with Crippen LogP contribution in [0.3, 0.4) is 0 Å². The van der Waals surface area contributed by atoms with Crippen LogP contribution in [0.1, 0.15) is 31.2 Å². The lowest BCUT2D eigenvalue weighted by Gasteiger charge is -2.20. The second kappa shape index (κ2) is 6.10. The Morgan fingerprint density at radius 1 is 1.42 bits per heavy atom. The maximum absolute atomic E-state index is 13.5. The lowest BCUT2D eigenvalue weighted by atomic mass is 10.1. The van der Waals surface area contributed by atoms with Crippen molar-refractivity contribution in [2.75, 3.05) is 13.6 Å². The van der Waals surface area contributed by atoms with Crippen molar-refractivity contribution in [3.63, 3.8) is 0 Å². The second-order valence-corrected chi connectivity index (χ2v) is 5.39. The molecular formula is C14H19FN2O2. The molecule has 0 radical (unpaired) electrons. The van der Waals surface area contributed by atoms with E-state index in [1.807, 2.05) is 7.05 Å². The van der Waals surface area contributed by atoms with E-state index in [-0.39, 0.29) is 0 Å². The summed E-state index contributed by atoms with van der Waals surface area (Å²) in [5.74, 6) is -0.00957. The lowest BCUT2D eigenvalue weighted by molar-refractivity contribution is -0.387. The van der Waals surface area contributed by atoms with Crippen LogP contribution in [0.4, 0.5) is 10.1 Å². The summed E-state index contributed by atoms with van der Waals surface area (Å²) in [6.45, 7) is 1.64. The van der Waals surface area contributed by atoms with E-state index >= 15 is 0 Å². The fourth-order valence-corrected chi connectivity index (χ4v) is 2.81. The predicted molar refractivity (Wildman–Crippen MR) is 71.3 cm³/mol. The molecule has 2 rings (SSSR count). The SMILES string of the molecule is CN(Cc1ccc([N+](=O)[O-])c(F)c1)CC1CCCC1. The zero-order chi connectivity index (χ0) is 13.8. The molecule has 0 bridgehead atoms. The smallest absolute Gasteiger partial charge is 0.302 e. The van der Waals surface area contributed by atoms with Crippen LogP contribution < -0.4 is 0 Å². The monoisotopic (exact) mass is 266 g/mol. The Balaban J connectivity index is 1.94. The minimum absolute atomic E-state index is 0.456. The van der Waals surface area contributed by atoms with Crippen molar-refractivity contribution in [1.82, 2.24) is 4.90 Å². The third-order valence-corrected chi connectivity index (χ3v) is 3.71. The first-order valence-corrected chi connectivity index (χ1v) is 6.67. The van der Waals surface area contributed by atoms with Crippen molar-refractivity contribution >= 4 is 5.69 Å². The summed E-state index contributed by atoms with van der Waals surface area (Å²) in [7, 11) is 2.01. The molecule has 0 unspecified atom stereocenters. The molecule has 1 aromatic rings. The van der Waals surface area contributed by atoms with E-state index in [1.54, 1.807) is 6.07 Å². The molecule has 1 aromatic carbocycles. The van der Waals surface area contributed by atoms with Crippen LogP contribution in [0.5, 0.6) is 0 Å². The van der Waals surface area contributed by atoms with Gasteiger partial charge >= 0.3 is 5.69 Å². The molecule has 1 aliphatic rings. The minimum Gasteiger partial charge on any atom is -0.302 e. The predicted octanol–water partition coefficient (Wildman–Crippen LogP) is 3.36. The fraction of sp³-hybridized carbons (Fsp3) is 0.571. The summed E-state index contributed by atoms with van der Waals surface area (Å²) in [6, 6.07) is 4.14. The van der Waals surface area contributed by atoms with E-state index < -0.39 is 16.4 Å². The van der Waals surface area contributed by atoms with Crippen molar-refractivity contribution in [3.05, 3.63) is 39.7 Å². The first-order valence-electron chi connectivity index (χ1n) is 6.67. The highest BCUT2D eigenvalue weighted by atomic mass is 19.1. The summed E-state index contributed by atoms with van der Waals surface area (Å²) in [5, 5.41) is 10.5. The van der Waals surface area contributed by atoms with Crippen LogP contribution in [0.15, 0.2) is 18.2 Å². The van der Waals surface area contributed by atoms with Crippen LogP contribution >= 0.6 is 0 Å². The second-order valence-electron chi connectivity index (χ2n) is 5.39. The fourth-order valence-electron chi connectivity index (χ4n) is 2.81. The molecule has 0 aliphatic heterocycles. The van der Waals surface area contributed by atoms with Crippen LogP contribution in [-0.2, 0) is 6.54 Å². The van der Waals surface area contributed by atoms with Gasteiger partial charge in [-0.1, -0.05) is 18.9 Å². The van der Waals surface area contributed by atoms with E-state index in [1.165, 1.54) is 37.8 Å². The molecule has 5 heteroatoms. The molecular weight excluding hydrogens is 247 g/mol. The zero-order valence-electron chi connectivity index (χ0n) is 11.1. The van der Waals surface area contributed by atoms with Gasteiger partial charge in [-0.2, -0.15) is 4.39 Å². The van der Waals surface area contributed by atoms with E-state index in [0.717, 1.165) is 18.0 Å². The minimum atomic E-state index is -0.753. The van der Waals surface area contributed by atoms with Crippen molar-refractivity contribution in [1.29, 1.82) is 0 Å². The van der Waals surface area contributed by atoms with Gasteiger partial charge in [0.2, 0.25) is 5.82 Å². The van der Waals surface area contributed by atoms with Gasteiger partial charge in [-0.3, -0.25) is 10.1 Å². The Hall–Kier alpha value is -1.49. The van der Waals surface area contributed by atoms with Crippen molar-refractivity contribution in [2.45, 2.75) is 32.2 Å². The summed E-state index contributed by atoms with van der Waals surface area (Å²) >= 11 is 0. The normalized spacial score (nSPS) is 16.2. The topological polar surface area (TPSA) is 46.4 Å². The van der Waals surface area contributed by atoms with Gasteiger partial charge in [-0.15, -0.1) is 0 Å². The van der Waals surface area contributed by atoms with Crippen molar-refractivity contribution in [3.8, 4) is 0 Å². The molecule has 104 valence electrons. The van der Waals surface area contributed by atoms with E-state index in [9.17, 15) is 14.5 Å². The first-order chi connectivity index (χ1) is 9.06. The van der Waals surface area contributed by atoms with Gasteiger partial charge in [0.15, 0.2) is 0 Å². The molecule has 1 saturated carbocycles. The number of benzene rings is 1. The number of nitro benzene ring substituents is 1. The number of hydrogen-bond donors (Lipinski definition) is 0. The lowest BCUT2D eigenvalue weighted by Crippen LogP contribution is -2.24. The Kier molecular flexibility index (Phi) is 4.47. The molecule has 1 fully saturated rings. The molecule has 0 spiro atoms. The summed E-state index contributed by atoms with van der Waals surface area (Å²) in [4.78, 5) is 12.0. The Bertz CT molecular complexity index is 459. The number of rotatable bonds is 5. The molecule has 0 atom stereocenters. The van der Waals surface area contributed by atoms with Crippen LogP contribution in [0.25, 0.3) is 0 Å². The van der Waals surface area contributed by atoms with Gasteiger partial charge in [0, 0.05) is 19.2 Å². The first kappa shape index (κ1) is 13.9. The average molecular weight is 266 g/mol. The van der Waals surface area contributed by atoms with Gasteiger partial charge in [0.1, 0.15) is 0 Å².